The van der Waals surface area contributed by atoms with Crippen LogP contribution in [0.4, 0.5) is 0 Å². The van der Waals surface area contributed by atoms with Gasteiger partial charge in [0.25, 0.3) is 0 Å². The summed E-state index contributed by atoms with van der Waals surface area (Å²) in [7, 11) is 0. The van der Waals surface area contributed by atoms with E-state index in [1.807, 2.05) is 12.1 Å². The Labute approximate surface area is 160 Å². The highest BCUT2D eigenvalue weighted by molar-refractivity contribution is 5.76. The lowest BCUT2D eigenvalue weighted by molar-refractivity contribution is -0.121. The molecule has 3 rings (SSSR count). The number of allylic oxidation sites excluding steroid dienone is 1. The van der Waals surface area contributed by atoms with Gasteiger partial charge >= 0.3 is 0 Å². The number of fused-ring (bicyclic) bond motifs is 1. The molecule has 1 aliphatic rings. The molecule has 0 atom stereocenters. The molecule has 144 valence electrons. The average Bonchev–Trinajstić information content (AvgIpc) is 2.98. The Morgan fingerprint density at radius 2 is 2.19 bits per heavy atom. The van der Waals surface area contributed by atoms with E-state index in [0.29, 0.717) is 19.4 Å². The summed E-state index contributed by atoms with van der Waals surface area (Å²) in [5.74, 6) is 1.87. The van der Waals surface area contributed by atoms with E-state index in [0.717, 1.165) is 49.8 Å². The van der Waals surface area contributed by atoms with Gasteiger partial charge in [-0.1, -0.05) is 17.7 Å². The van der Waals surface area contributed by atoms with Gasteiger partial charge in [-0.15, -0.1) is 10.2 Å². The van der Waals surface area contributed by atoms with Crippen molar-refractivity contribution in [3.63, 3.8) is 0 Å². The fraction of sp³-hybridized carbons (Fsp3) is 0.500. The van der Waals surface area contributed by atoms with Crippen LogP contribution in [0.5, 0.6) is 0 Å². The van der Waals surface area contributed by atoms with E-state index in [2.05, 4.69) is 49.9 Å². The van der Waals surface area contributed by atoms with Gasteiger partial charge in [-0.2, -0.15) is 0 Å². The molecule has 3 heterocycles. The number of carbonyl (C=O) groups is 1. The van der Waals surface area contributed by atoms with Crippen molar-refractivity contribution in [3.05, 3.63) is 53.4 Å². The number of amides is 1. The molecule has 0 spiro atoms. The number of carbonyl (C=O) groups excluding carboxylic acids is 1. The first kappa shape index (κ1) is 19.2. The van der Waals surface area contributed by atoms with Gasteiger partial charge in [0.2, 0.25) is 5.91 Å². The normalized spacial score (nSPS) is 15.3. The van der Waals surface area contributed by atoms with Gasteiger partial charge in [0.15, 0.2) is 5.82 Å². The van der Waals surface area contributed by atoms with Crippen molar-refractivity contribution >= 4 is 5.91 Å². The number of rotatable bonds is 7. The van der Waals surface area contributed by atoms with Crippen molar-refractivity contribution in [2.45, 2.75) is 46.2 Å². The number of pyridine rings is 1. The first-order valence-electron chi connectivity index (χ1n) is 9.56. The Kier molecular flexibility index (Phi) is 6.70. The molecule has 2 aromatic heterocycles. The lowest BCUT2D eigenvalue weighted by Gasteiger charge is -2.19. The zero-order valence-electron chi connectivity index (χ0n) is 16.2. The molecule has 0 saturated heterocycles. The second-order valence-corrected chi connectivity index (χ2v) is 6.98. The summed E-state index contributed by atoms with van der Waals surface area (Å²) in [5.41, 5.74) is 2.45. The quantitative estimate of drug-likeness (QED) is 0.754. The van der Waals surface area contributed by atoms with Crippen molar-refractivity contribution < 1.29 is 4.79 Å². The summed E-state index contributed by atoms with van der Waals surface area (Å²) >= 11 is 0. The van der Waals surface area contributed by atoms with E-state index >= 15 is 0 Å². The molecule has 0 radical (unpaired) electrons. The molecule has 1 aliphatic heterocycles. The highest BCUT2D eigenvalue weighted by Gasteiger charge is 2.18. The summed E-state index contributed by atoms with van der Waals surface area (Å²) in [5, 5.41) is 11.6. The van der Waals surface area contributed by atoms with Crippen molar-refractivity contribution in [2.24, 2.45) is 0 Å². The maximum absolute atomic E-state index is 12.2. The minimum Gasteiger partial charge on any atom is -0.349 e. The summed E-state index contributed by atoms with van der Waals surface area (Å²) in [4.78, 5) is 18.7. The second kappa shape index (κ2) is 9.41. The summed E-state index contributed by atoms with van der Waals surface area (Å²) in [6.45, 7) is 8.48. The SMILES string of the molecule is CC=C(C)CN1CCc2nnc(CNC(=O)CCc3cccnc3)n2CC1. The van der Waals surface area contributed by atoms with Crippen molar-refractivity contribution in [1.29, 1.82) is 0 Å². The second-order valence-electron chi connectivity index (χ2n) is 6.98. The van der Waals surface area contributed by atoms with Gasteiger partial charge in [-0.25, -0.2) is 0 Å². The number of nitrogens with zero attached hydrogens (tertiary/aromatic N) is 5. The van der Waals surface area contributed by atoms with Gasteiger partial charge in [0, 0.05) is 51.4 Å². The summed E-state index contributed by atoms with van der Waals surface area (Å²) in [6.07, 6.45) is 7.73. The minimum absolute atomic E-state index is 0.0233. The lowest BCUT2D eigenvalue weighted by atomic mass is 10.1. The molecule has 0 bridgehead atoms. The van der Waals surface area contributed by atoms with Crippen LogP contribution in [-0.4, -0.2) is 50.2 Å². The standard InChI is InChI=1S/C20H28N6O/c1-3-16(2)15-25-10-8-18-23-24-19(26(18)12-11-25)14-22-20(27)7-6-17-5-4-9-21-13-17/h3-5,9,13H,6-8,10-12,14-15H2,1-2H3,(H,22,27). The molecule has 0 aliphatic carbocycles. The first-order chi connectivity index (χ1) is 13.2. The van der Waals surface area contributed by atoms with E-state index in [1.54, 1.807) is 12.4 Å². The predicted octanol–water partition coefficient (Wildman–Crippen LogP) is 1.75. The minimum atomic E-state index is 0.0233. The maximum Gasteiger partial charge on any atom is 0.220 e. The van der Waals surface area contributed by atoms with Crippen LogP contribution in [0.2, 0.25) is 0 Å². The van der Waals surface area contributed by atoms with Gasteiger partial charge < -0.3 is 9.88 Å². The Hall–Kier alpha value is -2.54. The Bertz CT molecular complexity index is 783. The molecule has 1 N–H and O–H groups in total. The van der Waals surface area contributed by atoms with Crippen LogP contribution >= 0.6 is 0 Å². The molecular weight excluding hydrogens is 340 g/mol. The van der Waals surface area contributed by atoms with Gasteiger partial charge in [-0.05, 0) is 31.9 Å². The van der Waals surface area contributed by atoms with Gasteiger partial charge in [-0.3, -0.25) is 14.7 Å². The third kappa shape index (κ3) is 5.47. The molecule has 0 aromatic carbocycles. The number of hydrogen-bond acceptors (Lipinski definition) is 5. The largest absolute Gasteiger partial charge is 0.349 e. The monoisotopic (exact) mass is 368 g/mol. The third-order valence-corrected chi connectivity index (χ3v) is 4.97. The topological polar surface area (TPSA) is 75.9 Å². The molecule has 2 aromatic rings. The highest BCUT2D eigenvalue weighted by Crippen LogP contribution is 2.11. The van der Waals surface area contributed by atoms with Crippen LogP contribution in [-0.2, 0) is 30.7 Å². The number of aryl methyl sites for hydroxylation is 1. The lowest BCUT2D eigenvalue weighted by Crippen LogP contribution is -2.29. The number of hydrogen-bond donors (Lipinski definition) is 1. The smallest absolute Gasteiger partial charge is 0.220 e. The van der Waals surface area contributed by atoms with E-state index in [1.165, 1.54) is 5.57 Å². The molecule has 0 saturated carbocycles. The van der Waals surface area contributed by atoms with Crippen LogP contribution in [0.1, 0.15) is 37.5 Å². The van der Waals surface area contributed by atoms with Crippen LogP contribution in [0.3, 0.4) is 0 Å². The van der Waals surface area contributed by atoms with E-state index in [4.69, 9.17) is 0 Å². The van der Waals surface area contributed by atoms with Crippen LogP contribution in [0.25, 0.3) is 0 Å². The average molecular weight is 368 g/mol. The van der Waals surface area contributed by atoms with Crippen molar-refractivity contribution in [3.8, 4) is 0 Å². The van der Waals surface area contributed by atoms with Gasteiger partial charge in [0.05, 0.1) is 6.54 Å². The zero-order chi connectivity index (χ0) is 19.1. The van der Waals surface area contributed by atoms with Crippen LogP contribution < -0.4 is 5.32 Å². The number of aromatic nitrogens is 4. The first-order valence-corrected chi connectivity index (χ1v) is 9.56. The van der Waals surface area contributed by atoms with Crippen LogP contribution in [0.15, 0.2) is 36.2 Å². The van der Waals surface area contributed by atoms with E-state index < -0.39 is 0 Å². The molecule has 0 fully saturated rings. The maximum atomic E-state index is 12.2. The van der Waals surface area contributed by atoms with E-state index in [9.17, 15) is 4.79 Å². The molecule has 0 unspecified atom stereocenters. The number of nitrogens with one attached hydrogen (secondary N) is 1. The fourth-order valence-electron chi connectivity index (χ4n) is 3.23. The Balaban J connectivity index is 1.50. The summed E-state index contributed by atoms with van der Waals surface area (Å²) < 4.78 is 2.16. The molecule has 27 heavy (non-hydrogen) atoms. The van der Waals surface area contributed by atoms with Crippen LogP contribution in [0, 0.1) is 0 Å². The molecular formula is C20H28N6O. The predicted molar refractivity (Wildman–Crippen MR) is 104 cm³/mol. The highest BCUT2D eigenvalue weighted by atomic mass is 16.1. The molecule has 1 amide bonds. The van der Waals surface area contributed by atoms with Crippen molar-refractivity contribution in [1.82, 2.24) is 30.0 Å². The van der Waals surface area contributed by atoms with Crippen molar-refractivity contribution in [2.75, 3.05) is 19.6 Å². The van der Waals surface area contributed by atoms with E-state index in [-0.39, 0.29) is 5.91 Å². The van der Waals surface area contributed by atoms with Gasteiger partial charge in [0.1, 0.15) is 5.82 Å². The molecule has 7 heteroatoms. The zero-order valence-corrected chi connectivity index (χ0v) is 16.2. The third-order valence-electron chi connectivity index (χ3n) is 4.97. The molecule has 7 nitrogen and oxygen atoms in total. The Morgan fingerprint density at radius 3 is 2.96 bits per heavy atom. The fourth-order valence-corrected chi connectivity index (χ4v) is 3.23. The Morgan fingerprint density at radius 1 is 1.30 bits per heavy atom. The summed E-state index contributed by atoms with van der Waals surface area (Å²) in [6, 6.07) is 3.87.